The Bertz CT molecular complexity index is 275. The number of nitrogens with two attached hydrogens (primary N) is 1. The highest BCUT2D eigenvalue weighted by Gasteiger charge is 2.05. The van der Waals surface area contributed by atoms with Gasteiger partial charge in [0, 0.05) is 0 Å². The van der Waals surface area contributed by atoms with E-state index in [9.17, 15) is 4.39 Å². The second-order valence-corrected chi connectivity index (χ2v) is 2.79. The zero-order valence-corrected chi connectivity index (χ0v) is 7.17. The lowest BCUT2D eigenvalue weighted by Gasteiger charge is -2.09. The molecule has 1 unspecified atom stereocenters. The lowest BCUT2D eigenvalue weighted by Crippen LogP contribution is -2.05. The molecule has 0 amide bonds. The van der Waals surface area contributed by atoms with Gasteiger partial charge in [0.05, 0.1) is 0 Å². The van der Waals surface area contributed by atoms with Gasteiger partial charge in [0.1, 0.15) is 11.9 Å². The minimum absolute atomic E-state index is 0.190. The van der Waals surface area contributed by atoms with Gasteiger partial charge in [-0.05, 0) is 31.0 Å². The van der Waals surface area contributed by atoms with Crippen molar-refractivity contribution in [2.45, 2.75) is 20.0 Å². The van der Waals surface area contributed by atoms with Crippen LogP contribution in [0.15, 0.2) is 18.2 Å². The number of halogens is 1. The monoisotopic (exact) mass is 169 g/mol. The zero-order chi connectivity index (χ0) is 9.14. The van der Waals surface area contributed by atoms with E-state index in [-0.39, 0.29) is 11.9 Å². The molecule has 0 heterocycles. The van der Waals surface area contributed by atoms with Crippen molar-refractivity contribution in [2.75, 3.05) is 0 Å². The van der Waals surface area contributed by atoms with Crippen LogP contribution in [0.5, 0.6) is 0 Å². The molecule has 2 nitrogen and oxygen atoms in total. The fraction of sp³-hybridized carbons (Fsp3) is 0.333. The number of rotatable bonds is 2. The first-order valence-electron chi connectivity index (χ1n) is 3.76. The largest absolute Gasteiger partial charge is 0.297 e. The number of hydrogen-bond acceptors (Lipinski definition) is 2. The third-order valence-electron chi connectivity index (χ3n) is 1.86. The molecule has 0 aromatic heterocycles. The molecule has 0 aliphatic rings. The first-order valence-corrected chi connectivity index (χ1v) is 3.76. The maximum absolute atomic E-state index is 12.8. The van der Waals surface area contributed by atoms with E-state index in [0.29, 0.717) is 5.56 Å². The molecule has 0 fully saturated rings. The summed E-state index contributed by atoms with van der Waals surface area (Å²) in [5, 5.41) is 0. The molecule has 3 heteroatoms. The predicted molar refractivity (Wildman–Crippen MR) is 44.8 cm³/mol. The van der Waals surface area contributed by atoms with Gasteiger partial charge < -0.3 is 0 Å². The molecule has 66 valence electrons. The lowest BCUT2D eigenvalue weighted by molar-refractivity contribution is 0.0663. The fourth-order valence-electron chi connectivity index (χ4n) is 0.999. The van der Waals surface area contributed by atoms with Crippen molar-refractivity contribution in [1.29, 1.82) is 0 Å². The van der Waals surface area contributed by atoms with Crippen molar-refractivity contribution >= 4 is 0 Å². The normalized spacial score (nSPS) is 13.0. The zero-order valence-electron chi connectivity index (χ0n) is 7.17. The Hall–Kier alpha value is -0.930. The summed E-state index contributed by atoms with van der Waals surface area (Å²) in [5.74, 6) is 4.79. The summed E-state index contributed by atoms with van der Waals surface area (Å²) < 4.78 is 12.8. The molecule has 1 atom stereocenters. The van der Waals surface area contributed by atoms with Gasteiger partial charge in [-0.2, -0.15) is 0 Å². The van der Waals surface area contributed by atoms with Crippen LogP contribution in [-0.4, -0.2) is 0 Å². The molecule has 0 radical (unpaired) electrons. The van der Waals surface area contributed by atoms with Crippen molar-refractivity contribution < 1.29 is 9.23 Å². The first-order chi connectivity index (χ1) is 5.65. The fourth-order valence-corrected chi connectivity index (χ4v) is 0.999. The highest BCUT2D eigenvalue weighted by molar-refractivity contribution is 5.25. The first kappa shape index (κ1) is 9.16. The highest BCUT2D eigenvalue weighted by atomic mass is 19.1. The van der Waals surface area contributed by atoms with E-state index in [4.69, 9.17) is 5.90 Å². The van der Waals surface area contributed by atoms with Crippen LogP contribution in [0.4, 0.5) is 4.39 Å². The SMILES string of the molecule is Cc1cc(C(C)ON)ccc1F. The molecular formula is C9H12FNO. The molecular weight excluding hydrogens is 157 g/mol. The van der Waals surface area contributed by atoms with Gasteiger partial charge in [0.15, 0.2) is 0 Å². The second-order valence-electron chi connectivity index (χ2n) is 2.79. The Labute approximate surface area is 71.1 Å². The average Bonchev–Trinajstić information content (AvgIpc) is 2.08. The molecule has 2 N–H and O–H groups in total. The molecule has 1 aromatic rings. The summed E-state index contributed by atoms with van der Waals surface area (Å²) in [6.07, 6.45) is -0.190. The van der Waals surface area contributed by atoms with E-state index in [1.807, 2.05) is 6.92 Å². The van der Waals surface area contributed by atoms with Crippen molar-refractivity contribution in [1.82, 2.24) is 0 Å². The lowest BCUT2D eigenvalue weighted by atomic mass is 10.1. The minimum atomic E-state index is -0.206. The molecule has 0 spiro atoms. The smallest absolute Gasteiger partial charge is 0.126 e. The molecule has 0 bridgehead atoms. The molecule has 1 rings (SSSR count). The molecule has 0 aliphatic heterocycles. The van der Waals surface area contributed by atoms with E-state index >= 15 is 0 Å². The van der Waals surface area contributed by atoms with Gasteiger partial charge in [0.2, 0.25) is 0 Å². The average molecular weight is 169 g/mol. The van der Waals surface area contributed by atoms with Crippen LogP contribution in [0, 0.1) is 12.7 Å². The Kier molecular flexibility index (Phi) is 2.78. The van der Waals surface area contributed by atoms with Crippen molar-refractivity contribution in [3.05, 3.63) is 35.1 Å². The molecule has 0 saturated carbocycles. The van der Waals surface area contributed by atoms with Crippen molar-refractivity contribution in [3.63, 3.8) is 0 Å². The quantitative estimate of drug-likeness (QED) is 0.688. The second kappa shape index (κ2) is 3.65. The maximum atomic E-state index is 12.8. The molecule has 12 heavy (non-hydrogen) atoms. The summed E-state index contributed by atoms with van der Waals surface area (Å²) >= 11 is 0. The summed E-state index contributed by atoms with van der Waals surface area (Å²) in [7, 11) is 0. The molecule has 0 aliphatic carbocycles. The Morgan fingerprint density at radius 1 is 1.50 bits per heavy atom. The number of benzene rings is 1. The minimum Gasteiger partial charge on any atom is -0.297 e. The number of aryl methyl sites for hydroxylation is 1. The van der Waals surface area contributed by atoms with Crippen LogP contribution in [0.1, 0.15) is 24.2 Å². The molecule has 1 aromatic carbocycles. The summed E-state index contributed by atoms with van der Waals surface area (Å²) in [6, 6.07) is 4.81. The standard InChI is InChI=1S/C9H12FNO/c1-6-5-8(7(2)12-11)3-4-9(6)10/h3-5,7H,11H2,1-2H3. The van der Waals surface area contributed by atoms with Crippen LogP contribution < -0.4 is 5.90 Å². The van der Waals surface area contributed by atoms with Crippen LogP contribution in [0.25, 0.3) is 0 Å². The van der Waals surface area contributed by atoms with Gasteiger partial charge in [0.25, 0.3) is 0 Å². The Morgan fingerprint density at radius 2 is 2.17 bits per heavy atom. The van der Waals surface area contributed by atoms with E-state index in [2.05, 4.69) is 4.84 Å². The van der Waals surface area contributed by atoms with Crippen molar-refractivity contribution in [3.8, 4) is 0 Å². The van der Waals surface area contributed by atoms with Gasteiger partial charge >= 0.3 is 0 Å². The van der Waals surface area contributed by atoms with Crippen LogP contribution >= 0.6 is 0 Å². The predicted octanol–water partition coefficient (Wildman–Crippen LogP) is 2.09. The van der Waals surface area contributed by atoms with E-state index in [1.54, 1.807) is 19.1 Å². The summed E-state index contributed by atoms with van der Waals surface area (Å²) in [4.78, 5) is 4.61. The van der Waals surface area contributed by atoms with E-state index in [0.717, 1.165) is 5.56 Å². The highest BCUT2D eigenvalue weighted by Crippen LogP contribution is 2.17. The summed E-state index contributed by atoms with van der Waals surface area (Å²) in [6.45, 7) is 3.52. The topological polar surface area (TPSA) is 35.2 Å². The Morgan fingerprint density at radius 3 is 2.67 bits per heavy atom. The van der Waals surface area contributed by atoms with Gasteiger partial charge in [-0.25, -0.2) is 10.3 Å². The van der Waals surface area contributed by atoms with E-state index in [1.165, 1.54) is 6.07 Å². The van der Waals surface area contributed by atoms with Crippen molar-refractivity contribution in [2.24, 2.45) is 5.90 Å². The van der Waals surface area contributed by atoms with Gasteiger partial charge in [-0.15, -0.1) is 0 Å². The molecule has 0 saturated heterocycles. The van der Waals surface area contributed by atoms with Crippen LogP contribution in [-0.2, 0) is 4.84 Å². The Balaban J connectivity index is 2.96. The third kappa shape index (κ3) is 1.81. The van der Waals surface area contributed by atoms with Gasteiger partial charge in [-0.1, -0.05) is 12.1 Å². The number of hydrogen-bond donors (Lipinski definition) is 1. The summed E-state index contributed by atoms with van der Waals surface area (Å²) in [5.41, 5.74) is 1.49. The van der Waals surface area contributed by atoms with E-state index < -0.39 is 0 Å². The van der Waals surface area contributed by atoms with Gasteiger partial charge in [-0.3, -0.25) is 4.84 Å². The van der Waals surface area contributed by atoms with Crippen LogP contribution in [0.3, 0.4) is 0 Å². The third-order valence-corrected chi connectivity index (χ3v) is 1.86. The van der Waals surface area contributed by atoms with Crippen LogP contribution in [0.2, 0.25) is 0 Å². The maximum Gasteiger partial charge on any atom is 0.126 e.